The number of hydrogen-bond donors (Lipinski definition) is 2. The Balaban J connectivity index is 2.08. The number of pyridine rings is 1. The van der Waals surface area contributed by atoms with Gasteiger partial charge < -0.3 is 21.1 Å². The molecule has 6 nitrogen and oxygen atoms in total. The number of amides is 1. The molecular weight excluding hydrogens is 256 g/mol. The van der Waals surface area contributed by atoms with E-state index < -0.39 is 0 Å². The molecule has 1 aliphatic heterocycles. The second-order valence-electron chi connectivity index (χ2n) is 5.39. The molecule has 0 aromatic carbocycles. The lowest BCUT2D eigenvalue weighted by Crippen LogP contribution is -2.38. The molecule has 0 spiro atoms. The number of nitrogens with two attached hydrogens (primary N) is 2. The van der Waals surface area contributed by atoms with Crippen molar-refractivity contribution in [2.24, 2.45) is 11.7 Å². The number of anilines is 2. The molecule has 1 aromatic rings. The fourth-order valence-electron chi connectivity index (χ4n) is 2.33. The Morgan fingerprint density at radius 1 is 1.40 bits per heavy atom. The minimum Gasteiger partial charge on any atom is -0.473 e. The van der Waals surface area contributed by atoms with Gasteiger partial charge in [-0.2, -0.15) is 4.98 Å². The van der Waals surface area contributed by atoms with E-state index in [1.807, 2.05) is 19.9 Å². The highest BCUT2D eigenvalue weighted by molar-refractivity contribution is 5.77. The molecule has 0 unspecified atom stereocenters. The fraction of sp³-hybridized carbons (Fsp3) is 0.571. The second kappa shape index (κ2) is 5.98. The van der Waals surface area contributed by atoms with Crippen LogP contribution in [0.1, 0.15) is 26.7 Å². The molecule has 2 heterocycles. The highest BCUT2D eigenvalue weighted by atomic mass is 16.5. The quantitative estimate of drug-likeness (QED) is 0.861. The lowest BCUT2D eigenvalue weighted by atomic mass is 9.96. The fourth-order valence-corrected chi connectivity index (χ4v) is 2.33. The Morgan fingerprint density at radius 3 is 2.60 bits per heavy atom. The molecule has 6 heteroatoms. The zero-order valence-electron chi connectivity index (χ0n) is 12.0. The van der Waals surface area contributed by atoms with Crippen LogP contribution in [-0.4, -0.2) is 30.1 Å². The van der Waals surface area contributed by atoms with E-state index >= 15 is 0 Å². The molecule has 0 radical (unpaired) electrons. The molecule has 1 saturated heterocycles. The van der Waals surface area contributed by atoms with Crippen molar-refractivity contribution in [3.05, 3.63) is 12.1 Å². The Labute approximate surface area is 119 Å². The maximum atomic E-state index is 11.2. The van der Waals surface area contributed by atoms with Gasteiger partial charge in [-0.25, -0.2) is 0 Å². The number of nitrogens with zero attached hydrogens (tertiary/aromatic N) is 2. The minimum atomic E-state index is -0.209. The summed E-state index contributed by atoms with van der Waals surface area (Å²) in [5.41, 5.74) is 11.7. The average Bonchev–Trinajstić information content (AvgIpc) is 2.41. The summed E-state index contributed by atoms with van der Waals surface area (Å²) in [6, 6.07) is 3.69. The number of primary amides is 1. The highest BCUT2D eigenvalue weighted by Crippen LogP contribution is 2.27. The van der Waals surface area contributed by atoms with E-state index in [4.69, 9.17) is 16.2 Å². The van der Waals surface area contributed by atoms with Crippen LogP contribution in [0.4, 0.5) is 11.5 Å². The van der Waals surface area contributed by atoms with Crippen molar-refractivity contribution in [1.82, 2.24) is 4.98 Å². The third-order valence-electron chi connectivity index (χ3n) is 3.44. The number of carbonyl (C=O) groups is 1. The van der Waals surface area contributed by atoms with E-state index in [9.17, 15) is 4.79 Å². The molecule has 2 rings (SSSR count). The van der Waals surface area contributed by atoms with Crippen LogP contribution >= 0.6 is 0 Å². The van der Waals surface area contributed by atoms with Crippen molar-refractivity contribution in [2.75, 3.05) is 23.7 Å². The van der Waals surface area contributed by atoms with Gasteiger partial charge in [0.05, 0.1) is 11.8 Å². The molecule has 110 valence electrons. The lowest BCUT2D eigenvalue weighted by molar-refractivity contribution is -0.122. The van der Waals surface area contributed by atoms with E-state index in [1.54, 1.807) is 6.07 Å². The van der Waals surface area contributed by atoms with Crippen LogP contribution in [0.25, 0.3) is 0 Å². The van der Waals surface area contributed by atoms with E-state index in [0.717, 1.165) is 31.7 Å². The molecule has 1 amide bonds. The first-order valence-electron chi connectivity index (χ1n) is 6.95. The molecule has 0 saturated carbocycles. The van der Waals surface area contributed by atoms with Crippen LogP contribution in [0.15, 0.2) is 12.1 Å². The summed E-state index contributed by atoms with van der Waals surface area (Å²) >= 11 is 0. The Hall–Kier alpha value is -1.98. The summed E-state index contributed by atoms with van der Waals surface area (Å²) in [6.45, 7) is 5.41. The zero-order chi connectivity index (χ0) is 14.7. The van der Waals surface area contributed by atoms with Gasteiger partial charge in [-0.05, 0) is 38.8 Å². The number of rotatable bonds is 4. The first-order valence-corrected chi connectivity index (χ1v) is 6.95. The summed E-state index contributed by atoms with van der Waals surface area (Å²) in [7, 11) is 0. The van der Waals surface area contributed by atoms with Crippen LogP contribution < -0.4 is 21.1 Å². The standard InChI is InChI=1S/C14H22N4O2/c1-9(2)20-14-11(15)3-4-12(17-14)18-7-5-10(6-8-18)13(16)19/h3-4,9-10H,5-8,15H2,1-2H3,(H2,16,19). The smallest absolute Gasteiger partial charge is 0.239 e. The largest absolute Gasteiger partial charge is 0.473 e. The molecule has 0 atom stereocenters. The number of carbonyl (C=O) groups excluding carboxylic acids is 1. The van der Waals surface area contributed by atoms with Crippen molar-refractivity contribution in [2.45, 2.75) is 32.8 Å². The Morgan fingerprint density at radius 2 is 2.05 bits per heavy atom. The van der Waals surface area contributed by atoms with Crippen molar-refractivity contribution in [1.29, 1.82) is 0 Å². The van der Waals surface area contributed by atoms with Crippen LogP contribution in [0, 0.1) is 5.92 Å². The van der Waals surface area contributed by atoms with Gasteiger partial charge in [-0.3, -0.25) is 4.79 Å². The molecule has 1 fully saturated rings. The zero-order valence-corrected chi connectivity index (χ0v) is 12.0. The number of ether oxygens (including phenoxy) is 1. The van der Waals surface area contributed by atoms with Gasteiger partial charge in [0.25, 0.3) is 0 Å². The van der Waals surface area contributed by atoms with Gasteiger partial charge in [0.1, 0.15) is 5.82 Å². The first-order chi connectivity index (χ1) is 9.47. The van der Waals surface area contributed by atoms with Crippen LogP contribution in [0.5, 0.6) is 5.88 Å². The van der Waals surface area contributed by atoms with E-state index in [2.05, 4.69) is 9.88 Å². The molecule has 1 aliphatic rings. The van der Waals surface area contributed by atoms with Gasteiger partial charge in [-0.1, -0.05) is 0 Å². The molecular formula is C14H22N4O2. The topological polar surface area (TPSA) is 94.5 Å². The number of nitrogen functional groups attached to an aromatic ring is 1. The van der Waals surface area contributed by atoms with Crippen LogP contribution in [0.3, 0.4) is 0 Å². The summed E-state index contributed by atoms with van der Waals surface area (Å²) < 4.78 is 5.60. The minimum absolute atomic E-state index is 0.0218. The van der Waals surface area contributed by atoms with E-state index in [1.165, 1.54) is 0 Å². The highest BCUT2D eigenvalue weighted by Gasteiger charge is 2.24. The first kappa shape index (κ1) is 14.4. The van der Waals surface area contributed by atoms with Gasteiger partial charge in [-0.15, -0.1) is 0 Å². The summed E-state index contributed by atoms with van der Waals surface area (Å²) in [4.78, 5) is 17.8. The normalized spacial score (nSPS) is 16.4. The third-order valence-corrected chi connectivity index (χ3v) is 3.44. The number of aromatic nitrogens is 1. The number of piperidine rings is 1. The predicted molar refractivity (Wildman–Crippen MR) is 78.5 cm³/mol. The van der Waals surface area contributed by atoms with Gasteiger partial charge in [0.15, 0.2) is 0 Å². The van der Waals surface area contributed by atoms with Gasteiger partial charge in [0.2, 0.25) is 11.8 Å². The summed E-state index contributed by atoms with van der Waals surface area (Å²) in [5.74, 6) is 1.07. The molecule has 4 N–H and O–H groups in total. The number of hydrogen-bond acceptors (Lipinski definition) is 5. The van der Waals surface area contributed by atoms with Crippen LogP contribution in [-0.2, 0) is 4.79 Å². The van der Waals surface area contributed by atoms with E-state index in [-0.39, 0.29) is 17.9 Å². The third kappa shape index (κ3) is 3.31. The predicted octanol–water partition coefficient (Wildman–Crippen LogP) is 1.15. The maximum absolute atomic E-state index is 11.2. The second-order valence-corrected chi connectivity index (χ2v) is 5.39. The van der Waals surface area contributed by atoms with Gasteiger partial charge >= 0.3 is 0 Å². The van der Waals surface area contributed by atoms with Crippen molar-refractivity contribution in [3.63, 3.8) is 0 Å². The summed E-state index contributed by atoms with van der Waals surface area (Å²) in [5, 5.41) is 0. The SMILES string of the molecule is CC(C)Oc1nc(N2CCC(C(N)=O)CC2)ccc1N. The monoisotopic (exact) mass is 278 g/mol. The van der Waals surface area contributed by atoms with Crippen molar-refractivity contribution in [3.8, 4) is 5.88 Å². The van der Waals surface area contributed by atoms with Crippen molar-refractivity contribution >= 4 is 17.4 Å². The Bertz CT molecular complexity index is 482. The van der Waals surface area contributed by atoms with Crippen molar-refractivity contribution < 1.29 is 9.53 Å². The summed E-state index contributed by atoms with van der Waals surface area (Å²) in [6.07, 6.45) is 1.56. The lowest BCUT2D eigenvalue weighted by Gasteiger charge is -2.31. The average molecular weight is 278 g/mol. The maximum Gasteiger partial charge on any atom is 0.239 e. The Kier molecular flexibility index (Phi) is 4.32. The molecule has 0 bridgehead atoms. The molecule has 20 heavy (non-hydrogen) atoms. The molecule has 0 aliphatic carbocycles. The van der Waals surface area contributed by atoms with Gasteiger partial charge in [0, 0.05) is 19.0 Å². The van der Waals surface area contributed by atoms with Crippen LogP contribution in [0.2, 0.25) is 0 Å². The van der Waals surface area contributed by atoms with E-state index in [0.29, 0.717) is 11.6 Å². The molecule has 1 aromatic heterocycles.